The Morgan fingerprint density at radius 2 is 1.91 bits per heavy atom. The van der Waals surface area contributed by atoms with E-state index in [4.69, 9.17) is 9.52 Å². The number of aliphatic hydroxyl groups excluding tert-OH is 1. The first kappa shape index (κ1) is 24.1. The van der Waals surface area contributed by atoms with Crippen molar-refractivity contribution in [2.24, 2.45) is 10.4 Å². The maximum absolute atomic E-state index is 13.2. The Balaban J connectivity index is 1.57. The maximum Gasteiger partial charge on any atom is 0.168 e. The lowest BCUT2D eigenvalue weighted by Crippen LogP contribution is -2.27. The second-order valence-corrected chi connectivity index (χ2v) is 10.3. The zero-order valence-corrected chi connectivity index (χ0v) is 20.4. The topological polar surface area (TPSA) is 92.8 Å². The molecule has 0 saturated heterocycles. The molecule has 0 radical (unpaired) electrons. The van der Waals surface area contributed by atoms with E-state index < -0.39 is 0 Å². The molecule has 0 bridgehead atoms. The van der Waals surface area contributed by atoms with Gasteiger partial charge in [-0.1, -0.05) is 62.7 Å². The summed E-state index contributed by atoms with van der Waals surface area (Å²) in [5.41, 5.74) is 3.12. The number of aliphatic hydroxyl groups is 1. The molecule has 2 aliphatic rings. The van der Waals surface area contributed by atoms with Crippen LogP contribution in [0.2, 0.25) is 0 Å². The van der Waals surface area contributed by atoms with Crippen molar-refractivity contribution in [1.29, 1.82) is 0 Å². The van der Waals surface area contributed by atoms with E-state index in [0.29, 0.717) is 73.4 Å². The van der Waals surface area contributed by atoms with Gasteiger partial charge in [-0.05, 0) is 36.2 Å². The number of fused-ring (bicyclic) bond motifs is 1. The van der Waals surface area contributed by atoms with E-state index in [1.807, 2.05) is 30.3 Å². The summed E-state index contributed by atoms with van der Waals surface area (Å²) in [5, 5.41) is 15.1. The number of allylic oxidation sites excluding steroid dienone is 2. The van der Waals surface area contributed by atoms with Gasteiger partial charge in [-0.2, -0.15) is 0 Å². The van der Waals surface area contributed by atoms with Crippen LogP contribution in [0.25, 0.3) is 0 Å². The summed E-state index contributed by atoms with van der Waals surface area (Å²) in [6, 6.07) is 9.85. The molecule has 0 aliphatic heterocycles. The van der Waals surface area contributed by atoms with Crippen LogP contribution in [-0.2, 0) is 17.6 Å². The molecular weight excluding hydrogens is 428 g/mol. The number of hydrogen-bond donors (Lipinski definition) is 1. The molecule has 1 atom stereocenters. The highest BCUT2D eigenvalue weighted by atomic mass is 16.5. The number of carbonyl (C=O) groups is 2. The highest BCUT2D eigenvalue weighted by molar-refractivity contribution is 6.23. The van der Waals surface area contributed by atoms with Gasteiger partial charge < -0.3 is 9.63 Å². The van der Waals surface area contributed by atoms with Gasteiger partial charge in [0, 0.05) is 37.9 Å². The van der Waals surface area contributed by atoms with Crippen molar-refractivity contribution < 1.29 is 19.2 Å². The molecule has 2 aromatic rings. The van der Waals surface area contributed by atoms with Gasteiger partial charge in [-0.15, -0.1) is 0 Å². The predicted octanol–water partition coefficient (Wildman–Crippen LogP) is 5.96. The van der Waals surface area contributed by atoms with Crippen LogP contribution in [-0.4, -0.2) is 34.1 Å². The van der Waals surface area contributed by atoms with Crippen LogP contribution in [0.3, 0.4) is 0 Å². The minimum Gasteiger partial charge on any atom is -0.511 e. The molecule has 1 N–H and O–H groups in total. The third-order valence-electron chi connectivity index (χ3n) is 6.80. The second-order valence-electron chi connectivity index (χ2n) is 10.3. The number of ketones is 2. The number of aryl methyl sites for hydroxylation is 1. The fraction of sp³-hybridized carbons (Fsp3) is 0.500. The van der Waals surface area contributed by atoms with Crippen molar-refractivity contribution in [3.8, 4) is 0 Å². The van der Waals surface area contributed by atoms with Crippen LogP contribution < -0.4 is 0 Å². The molecule has 0 amide bonds. The maximum atomic E-state index is 13.2. The van der Waals surface area contributed by atoms with Gasteiger partial charge in [0.15, 0.2) is 11.6 Å². The van der Waals surface area contributed by atoms with Gasteiger partial charge in [0.05, 0.1) is 16.8 Å². The normalized spacial score (nSPS) is 20.6. The first-order valence-electron chi connectivity index (χ1n) is 12.3. The molecular formula is C28H34N2O4. The van der Waals surface area contributed by atoms with Crippen molar-refractivity contribution in [3.05, 3.63) is 64.2 Å². The standard InChI is InChI=1S/C28H34N2O4/c1-4-5-13-29-20(11-12-21-27-24(33)16-28(2,3)17-25(27)34-30-21)26-22(31)14-19(15-23(26)32)18-9-7-6-8-10-18/h6-10,19,31H,4-5,11-17H2,1-3H3. The summed E-state index contributed by atoms with van der Waals surface area (Å²) in [5.74, 6) is 0.724. The predicted molar refractivity (Wildman–Crippen MR) is 132 cm³/mol. The number of aromatic nitrogens is 1. The molecule has 1 heterocycles. The van der Waals surface area contributed by atoms with Crippen LogP contribution in [0.1, 0.15) is 92.6 Å². The van der Waals surface area contributed by atoms with Gasteiger partial charge in [-0.3, -0.25) is 14.6 Å². The molecule has 4 rings (SSSR count). The van der Waals surface area contributed by atoms with E-state index in [1.54, 1.807) is 0 Å². The van der Waals surface area contributed by atoms with Crippen molar-refractivity contribution in [1.82, 2.24) is 5.16 Å². The number of aliphatic imine (C=N–C) groups is 1. The Hall–Kier alpha value is -3.02. The SMILES string of the molecule is CCCCN=C(CCc1noc2c1C(=O)CC(C)(C)C2)C1=C(O)CC(c2ccccc2)CC1=O. The highest BCUT2D eigenvalue weighted by Crippen LogP contribution is 2.37. The Morgan fingerprint density at radius 3 is 2.62 bits per heavy atom. The van der Waals surface area contributed by atoms with Crippen molar-refractivity contribution in [2.45, 2.75) is 78.1 Å². The zero-order valence-electron chi connectivity index (χ0n) is 20.4. The summed E-state index contributed by atoms with van der Waals surface area (Å²) in [6.07, 6.45) is 4.70. The number of unbranched alkanes of at least 4 members (excludes halogenated alkanes) is 1. The first-order valence-corrected chi connectivity index (χ1v) is 12.3. The highest BCUT2D eigenvalue weighted by Gasteiger charge is 2.37. The van der Waals surface area contributed by atoms with Gasteiger partial charge in [-0.25, -0.2) is 0 Å². The van der Waals surface area contributed by atoms with Gasteiger partial charge >= 0.3 is 0 Å². The number of rotatable bonds is 8. The molecule has 1 unspecified atom stereocenters. The summed E-state index contributed by atoms with van der Waals surface area (Å²) >= 11 is 0. The lowest BCUT2D eigenvalue weighted by molar-refractivity contribution is -0.116. The van der Waals surface area contributed by atoms with E-state index in [9.17, 15) is 14.7 Å². The summed E-state index contributed by atoms with van der Waals surface area (Å²) in [4.78, 5) is 30.7. The lowest BCUT2D eigenvalue weighted by atomic mass is 9.75. The van der Waals surface area contributed by atoms with Gasteiger partial charge in [0.25, 0.3) is 0 Å². The smallest absolute Gasteiger partial charge is 0.168 e. The average molecular weight is 463 g/mol. The number of carbonyl (C=O) groups excluding carboxylic acids is 2. The Morgan fingerprint density at radius 1 is 1.15 bits per heavy atom. The van der Waals surface area contributed by atoms with Crippen molar-refractivity contribution in [2.75, 3.05) is 6.54 Å². The molecule has 2 aliphatic carbocycles. The first-order chi connectivity index (χ1) is 16.3. The quantitative estimate of drug-likeness (QED) is 0.386. The van der Waals surface area contributed by atoms with Crippen LogP contribution in [0, 0.1) is 5.41 Å². The third-order valence-corrected chi connectivity index (χ3v) is 6.80. The van der Waals surface area contributed by atoms with Crippen LogP contribution in [0.15, 0.2) is 51.2 Å². The van der Waals surface area contributed by atoms with E-state index in [2.05, 4.69) is 25.9 Å². The number of hydrogen-bond acceptors (Lipinski definition) is 6. The van der Waals surface area contributed by atoms with E-state index >= 15 is 0 Å². The van der Waals surface area contributed by atoms with Crippen LogP contribution in [0.5, 0.6) is 0 Å². The summed E-state index contributed by atoms with van der Waals surface area (Å²) in [7, 11) is 0. The molecule has 6 nitrogen and oxygen atoms in total. The summed E-state index contributed by atoms with van der Waals surface area (Å²) < 4.78 is 5.54. The van der Waals surface area contributed by atoms with E-state index in [1.165, 1.54) is 0 Å². The fourth-order valence-electron chi connectivity index (χ4n) is 5.07. The minimum atomic E-state index is -0.131. The second kappa shape index (κ2) is 10.1. The monoisotopic (exact) mass is 462 g/mol. The molecule has 0 saturated carbocycles. The van der Waals surface area contributed by atoms with Crippen molar-refractivity contribution in [3.63, 3.8) is 0 Å². The largest absolute Gasteiger partial charge is 0.511 e. The van der Waals surface area contributed by atoms with E-state index in [0.717, 1.165) is 18.4 Å². The molecule has 6 heteroatoms. The lowest BCUT2D eigenvalue weighted by Gasteiger charge is -2.26. The van der Waals surface area contributed by atoms with Crippen LogP contribution in [0.4, 0.5) is 0 Å². The van der Waals surface area contributed by atoms with Crippen LogP contribution >= 0.6 is 0 Å². The van der Waals surface area contributed by atoms with Crippen molar-refractivity contribution >= 4 is 17.3 Å². The third kappa shape index (κ3) is 5.21. The molecule has 1 aromatic carbocycles. The molecule has 0 fully saturated rings. The average Bonchev–Trinajstić information content (AvgIpc) is 3.19. The number of nitrogens with zero attached hydrogens (tertiary/aromatic N) is 2. The summed E-state index contributed by atoms with van der Waals surface area (Å²) in [6.45, 7) is 6.81. The zero-order chi connectivity index (χ0) is 24.3. The molecule has 180 valence electrons. The molecule has 34 heavy (non-hydrogen) atoms. The molecule has 1 aromatic heterocycles. The Bertz CT molecular complexity index is 1120. The minimum absolute atomic E-state index is 0.0297. The number of benzene rings is 1. The van der Waals surface area contributed by atoms with Gasteiger partial charge in [0.1, 0.15) is 11.5 Å². The molecule has 0 spiro atoms. The number of Topliss-reactive ketones (excluding diaryl/α,β-unsaturated/α-hetero) is 2. The van der Waals surface area contributed by atoms with E-state index in [-0.39, 0.29) is 28.7 Å². The Labute approximate surface area is 201 Å². The Kier molecular flexibility index (Phi) is 7.15. The fourth-order valence-corrected chi connectivity index (χ4v) is 5.07. The van der Waals surface area contributed by atoms with Gasteiger partial charge in [0.2, 0.25) is 0 Å².